The Morgan fingerprint density at radius 2 is 1.95 bits per heavy atom. The van der Waals surface area contributed by atoms with Crippen molar-refractivity contribution in [2.45, 2.75) is 12.0 Å². The highest BCUT2D eigenvalue weighted by Gasteiger charge is 2.21. The first kappa shape index (κ1) is 15.1. The zero-order valence-corrected chi connectivity index (χ0v) is 11.0. The summed E-state index contributed by atoms with van der Waals surface area (Å²) in [4.78, 5) is 20.5. The van der Waals surface area contributed by atoms with E-state index in [1.807, 2.05) is 0 Å². The molecule has 0 radical (unpaired) electrons. The van der Waals surface area contributed by atoms with Crippen LogP contribution >= 0.6 is 11.8 Å². The minimum absolute atomic E-state index is 0.205. The number of carboxylic acid groups (broad SMARTS) is 1. The highest BCUT2D eigenvalue weighted by molar-refractivity contribution is 8.01. The molecule has 0 aliphatic rings. The van der Waals surface area contributed by atoms with E-state index in [1.54, 1.807) is 24.3 Å². The first-order valence-corrected chi connectivity index (χ1v) is 6.33. The fourth-order valence-corrected chi connectivity index (χ4v) is 1.85. The SMILES string of the molecule is CC(O)(Nc1ccc(NNC=O)cc1)SCC(=O)O. The maximum absolute atomic E-state index is 10.4. The lowest BCUT2D eigenvalue weighted by atomic mass is 10.3. The number of hydrogen-bond donors (Lipinski definition) is 5. The topological polar surface area (TPSA) is 111 Å². The van der Waals surface area contributed by atoms with E-state index in [4.69, 9.17) is 5.11 Å². The summed E-state index contributed by atoms with van der Waals surface area (Å²) in [6, 6.07) is 6.75. The molecule has 1 unspecified atom stereocenters. The molecule has 0 saturated carbocycles. The lowest BCUT2D eigenvalue weighted by molar-refractivity contribution is -0.134. The first-order valence-electron chi connectivity index (χ1n) is 5.34. The predicted molar refractivity (Wildman–Crippen MR) is 73.6 cm³/mol. The summed E-state index contributed by atoms with van der Waals surface area (Å²) in [6.07, 6.45) is 0.513. The zero-order valence-electron chi connectivity index (χ0n) is 10.2. The van der Waals surface area contributed by atoms with E-state index in [1.165, 1.54) is 6.92 Å². The van der Waals surface area contributed by atoms with Crippen LogP contribution in [0.5, 0.6) is 0 Å². The Hall–Kier alpha value is -1.93. The van der Waals surface area contributed by atoms with Crippen LogP contribution in [-0.4, -0.2) is 33.4 Å². The third kappa shape index (κ3) is 5.98. The van der Waals surface area contributed by atoms with Crippen molar-refractivity contribution in [1.29, 1.82) is 0 Å². The van der Waals surface area contributed by atoms with Crippen molar-refractivity contribution in [1.82, 2.24) is 5.43 Å². The van der Waals surface area contributed by atoms with E-state index in [0.717, 1.165) is 11.8 Å². The van der Waals surface area contributed by atoms with Gasteiger partial charge in [-0.1, -0.05) is 11.8 Å². The number of carbonyl (C=O) groups is 2. The Kier molecular flexibility index (Phi) is 5.46. The predicted octanol–water partition coefficient (Wildman–Crippen LogP) is 0.655. The molecule has 104 valence electrons. The number of nitrogens with one attached hydrogen (secondary N) is 3. The Morgan fingerprint density at radius 3 is 2.47 bits per heavy atom. The summed E-state index contributed by atoms with van der Waals surface area (Å²) in [7, 11) is 0. The number of aliphatic hydroxyl groups is 1. The Morgan fingerprint density at radius 1 is 1.37 bits per heavy atom. The van der Waals surface area contributed by atoms with Gasteiger partial charge in [0.05, 0.1) is 11.4 Å². The Labute approximate surface area is 114 Å². The van der Waals surface area contributed by atoms with Crippen LogP contribution in [0.25, 0.3) is 0 Å². The number of benzene rings is 1. The van der Waals surface area contributed by atoms with Gasteiger partial charge in [0.15, 0.2) is 5.06 Å². The van der Waals surface area contributed by atoms with Gasteiger partial charge in [-0.2, -0.15) is 0 Å². The number of thioether (sulfide) groups is 1. The molecule has 0 spiro atoms. The van der Waals surface area contributed by atoms with Crippen LogP contribution in [0.3, 0.4) is 0 Å². The largest absolute Gasteiger partial charge is 0.481 e. The maximum Gasteiger partial charge on any atom is 0.313 e. The zero-order chi connectivity index (χ0) is 14.3. The van der Waals surface area contributed by atoms with Crippen molar-refractivity contribution in [2.75, 3.05) is 16.5 Å². The van der Waals surface area contributed by atoms with Gasteiger partial charge < -0.3 is 15.5 Å². The Balaban J connectivity index is 2.56. The van der Waals surface area contributed by atoms with Gasteiger partial charge in [0, 0.05) is 5.69 Å². The van der Waals surface area contributed by atoms with Crippen LogP contribution in [0.2, 0.25) is 0 Å². The number of aliphatic carboxylic acids is 1. The summed E-state index contributed by atoms with van der Waals surface area (Å²) in [6.45, 7) is 1.47. The molecule has 5 N–H and O–H groups in total. The monoisotopic (exact) mass is 285 g/mol. The second kappa shape index (κ2) is 6.86. The van der Waals surface area contributed by atoms with E-state index < -0.39 is 11.0 Å². The summed E-state index contributed by atoms with van der Waals surface area (Å²) in [5.41, 5.74) is 6.23. The van der Waals surface area contributed by atoms with Crippen molar-refractivity contribution in [3.63, 3.8) is 0 Å². The average molecular weight is 285 g/mol. The van der Waals surface area contributed by atoms with Gasteiger partial charge in [-0.25, -0.2) is 0 Å². The van der Waals surface area contributed by atoms with E-state index in [0.29, 0.717) is 17.8 Å². The van der Waals surface area contributed by atoms with Crippen molar-refractivity contribution in [3.05, 3.63) is 24.3 Å². The molecule has 0 aliphatic carbocycles. The molecule has 0 aromatic heterocycles. The number of carboxylic acids is 1. The lowest BCUT2D eigenvalue weighted by Gasteiger charge is -2.24. The van der Waals surface area contributed by atoms with Crippen LogP contribution < -0.4 is 16.2 Å². The second-order valence-corrected chi connectivity index (χ2v) is 5.13. The molecule has 19 heavy (non-hydrogen) atoms. The number of rotatable bonds is 8. The molecule has 8 heteroatoms. The quantitative estimate of drug-likeness (QED) is 0.271. The van der Waals surface area contributed by atoms with Crippen LogP contribution in [-0.2, 0) is 9.59 Å². The molecule has 0 aliphatic heterocycles. The number of hydrazine groups is 1. The van der Waals surface area contributed by atoms with Crippen LogP contribution in [0.1, 0.15) is 6.92 Å². The van der Waals surface area contributed by atoms with Gasteiger partial charge in [-0.3, -0.25) is 20.4 Å². The molecule has 1 atom stereocenters. The van der Waals surface area contributed by atoms with Crippen molar-refractivity contribution < 1.29 is 19.8 Å². The van der Waals surface area contributed by atoms with Crippen molar-refractivity contribution in [3.8, 4) is 0 Å². The molecule has 0 saturated heterocycles. The van der Waals surface area contributed by atoms with Gasteiger partial charge in [-0.15, -0.1) is 0 Å². The number of amides is 1. The summed E-state index contributed by atoms with van der Waals surface area (Å²) in [5, 5.41) is 19.9. The Bertz CT molecular complexity index is 436. The molecule has 7 nitrogen and oxygen atoms in total. The van der Waals surface area contributed by atoms with Crippen LogP contribution in [0.4, 0.5) is 11.4 Å². The minimum Gasteiger partial charge on any atom is -0.481 e. The van der Waals surface area contributed by atoms with E-state index in [2.05, 4.69) is 16.2 Å². The van der Waals surface area contributed by atoms with E-state index in [-0.39, 0.29) is 5.75 Å². The molecule has 1 rings (SSSR count). The number of hydrogen-bond acceptors (Lipinski definition) is 6. The van der Waals surface area contributed by atoms with Gasteiger partial charge in [0.1, 0.15) is 0 Å². The summed E-state index contributed by atoms with van der Waals surface area (Å²) < 4.78 is 0. The van der Waals surface area contributed by atoms with Gasteiger partial charge in [0.2, 0.25) is 6.41 Å². The standard InChI is InChI=1S/C11H15N3O4S/c1-11(18,19-6-10(16)17)13-8-2-4-9(5-3-8)14-12-7-15/h2-5,7,13-14,18H,6H2,1H3,(H,12,15)(H,16,17). The molecular formula is C11H15N3O4S. The first-order chi connectivity index (χ1) is 8.93. The van der Waals surface area contributed by atoms with Gasteiger partial charge in [0.25, 0.3) is 0 Å². The van der Waals surface area contributed by atoms with Crippen LogP contribution in [0, 0.1) is 0 Å². The molecule has 0 heterocycles. The third-order valence-corrected chi connectivity index (χ3v) is 3.07. The fraction of sp³-hybridized carbons (Fsp3) is 0.273. The fourth-order valence-electron chi connectivity index (χ4n) is 1.26. The normalized spacial score (nSPS) is 13.2. The smallest absolute Gasteiger partial charge is 0.313 e. The summed E-state index contributed by atoms with van der Waals surface area (Å²) >= 11 is 0.870. The second-order valence-electron chi connectivity index (χ2n) is 3.75. The van der Waals surface area contributed by atoms with Gasteiger partial charge in [-0.05, 0) is 31.2 Å². The molecule has 0 fully saturated rings. The number of anilines is 2. The highest BCUT2D eigenvalue weighted by Crippen LogP contribution is 2.24. The molecule has 0 bridgehead atoms. The molecule has 1 aromatic rings. The van der Waals surface area contributed by atoms with E-state index in [9.17, 15) is 14.7 Å². The summed E-state index contributed by atoms with van der Waals surface area (Å²) in [5.74, 6) is -1.20. The minimum atomic E-state index is -1.38. The third-order valence-electron chi connectivity index (χ3n) is 2.01. The van der Waals surface area contributed by atoms with E-state index >= 15 is 0 Å². The highest BCUT2D eigenvalue weighted by atomic mass is 32.2. The maximum atomic E-state index is 10.4. The molecule has 1 amide bonds. The molecule has 1 aromatic carbocycles. The average Bonchev–Trinajstić information content (AvgIpc) is 2.35. The van der Waals surface area contributed by atoms with Crippen LogP contribution in [0.15, 0.2) is 24.3 Å². The molecular weight excluding hydrogens is 270 g/mol. The lowest BCUT2D eigenvalue weighted by Crippen LogP contribution is -2.31. The van der Waals surface area contributed by atoms with Crippen molar-refractivity contribution >= 4 is 35.5 Å². The van der Waals surface area contributed by atoms with Crippen molar-refractivity contribution in [2.24, 2.45) is 0 Å². The number of carbonyl (C=O) groups excluding carboxylic acids is 1. The van der Waals surface area contributed by atoms with Gasteiger partial charge >= 0.3 is 5.97 Å².